The lowest BCUT2D eigenvalue weighted by molar-refractivity contribution is -0.154. The van der Waals surface area contributed by atoms with Crippen LogP contribution in [0.5, 0.6) is 0 Å². The molecule has 0 spiro atoms. The van der Waals surface area contributed by atoms with Gasteiger partial charge >= 0.3 is 5.97 Å². The summed E-state index contributed by atoms with van der Waals surface area (Å²) in [5.74, 6) is -1.09. The first-order valence-corrected chi connectivity index (χ1v) is 8.98. The van der Waals surface area contributed by atoms with Crippen molar-refractivity contribution >= 4 is 23.5 Å². The Morgan fingerprint density at radius 1 is 1.19 bits per heavy atom. The molecule has 1 N–H and O–H groups in total. The molecule has 0 unspecified atom stereocenters. The first kappa shape index (κ1) is 19.9. The van der Waals surface area contributed by atoms with Crippen LogP contribution in [0.2, 0.25) is 0 Å². The summed E-state index contributed by atoms with van der Waals surface area (Å²) in [6.45, 7) is 5.81. The molecule has 0 atom stereocenters. The Morgan fingerprint density at radius 3 is 2.54 bits per heavy atom. The fraction of sp³-hybridized carbons (Fsp3) is 0.526. The van der Waals surface area contributed by atoms with Gasteiger partial charge in [0.05, 0.1) is 5.92 Å². The van der Waals surface area contributed by atoms with Crippen LogP contribution in [0.3, 0.4) is 0 Å². The largest absolute Gasteiger partial charge is 0.455 e. The number of carbonyl (C=O) groups is 3. The molecule has 142 valence electrons. The molecule has 2 rings (SSSR count). The molecule has 1 fully saturated rings. The zero-order valence-corrected chi connectivity index (χ0v) is 15.3. The fourth-order valence-electron chi connectivity index (χ4n) is 2.81. The minimum absolute atomic E-state index is 0.0861. The quantitative estimate of drug-likeness (QED) is 0.751. The number of rotatable bonds is 7. The van der Waals surface area contributed by atoms with Gasteiger partial charge in [0.25, 0.3) is 11.8 Å². The summed E-state index contributed by atoms with van der Waals surface area (Å²) in [6.07, 6.45) is 1.24. The van der Waals surface area contributed by atoms with Crippen LogP contribution in [-0.2, 0) is 19.1 Å². The van der Waals surface area contributed by atoms with Crippen LogP contribution in [0.1, 0.15) is 37.0 Å². The minimum Gasteiger partial charge on any atom is -0.455 e. The van der Waals surface area contributed by atoms with Crippen molar-refractivity contribution < 1.29 is 23.9 Å². The van der Waals surface area contributed by atoms with Gasteiger partial charge in [-0.25, -0.2) is 0 Å². The van der Waals surface area contributed by atoms with E-state index in [1.165, 1.54) is 0 Å². The number of nitrogens with zero attached hydrogens (tertiary/aromatic N) is 1. The fourth-order valence-corrected chi connectivity index (χ4v) is 2.81. The van der Waals surface area contributed by atoms with Crippen LogP contribution in [-0.4, -0.2) is 55.6 Å². The molecule has 1 heterocycles. The van der Waals surface area contributed by atoms with Crippen LogP contribution in [0, 0.1) is 5.92 Å². The summed E-state index contributed by atoms with van der Waals surface area (Å²) in [5, 5.41) is 2.66. The van der Waals surface area contributed by atoms with Crippen LogP contribution >= 0.6 is 0 Å². The Bertz CT molecular complexity index is 637. The maximum absolute atomic E-state index is 12.4. The predicted molar refractivity (Wildman–Crippen MR) is 96.8 cm³/mol. The van der Waals surface area contributed by atoms with Gasteiger partial charge in [0.1, 0.15) is 0 Å². The van der Waals surface area contributed by atoms with E-state index in [2.05, 4.69) is 5.32 Å². The van der Waals surface area contributed by atoms with Gasteiger partial charge in [-0.15, -0.1) is 0 Å². The number of ether oxygens (including phenoxy) is 2. The van der Waals surface area contributed by atoms with Gasteiger partial charge in [0.2, 0.25) is 0 Å². The number of nitrogens with one attached hydrogen (secondary N) is 1. The van der Waals surface area contributed by atoms with E-state index in [4.69, 9.17) is 9.47 Å². The number of esters is 1. The van der Waals surface area contributed by atoms with E-state index in [0.717, 1.165) is 0 Å². The summed E-state index contributed by atoms with van der Waals surface area (Å²) in [5.41, 5.74) is 1.00. The molecule has 0 aliphatic carbocycles. The summed E-state index contributed by atoms with van der Waals surface area (Å²) < 4.78 is 10.3. The van der Waals surface area contributed by atoms with Crippen LogP contribution in [0.4, 0.5) is 5.69 Å². The smallest absolute Gasteiger partial charge is 0.309 e. The highest BCUT2D eigenvalue weighted by atomic mass is 16.5. The minimum atomic E-state index is -0.433. The molecule has 0 radical (unpaired) electrons. The third kappa shape index (κ3) is 5.56. The molecule has 7 nitrogen and oxygen atoms in total. The Kier molecular flexibility index (Phi) is 7.59. The molecule has 1 saturated heterocycles. The van der Waals surface area contributed by atoms with E-state index in [0.29, 0.717) is 50.4 Å². The van der Waals surface area contributed by atoms with Crippen molar-refractivity contribution in [2.45, 2.75) is 26.7 Å². The van der Waals surface area contributed by atoms with E-state index >= 15 is 0 Å². The molecule has 1 aromatic carbocycles. The highest BCUT2D eigenvalue weighted by Crippen LogP contribution is 2.16. The lowest BCUT2D eigenvalue weighted by Gasteiger charge is -2.20. The van der Waals surface area contributed by atoms with E-state index in [-0.39, 0.29) is 24.4 Å². The molecular weight excluding hydrogens is 336 g/mol. The highest BCUT2D eigenvalue weighted by molar-refractivity contribution is 5.97. The lowest BCUT2D eigenvalue weighted by atomic mass is 10.0. The maximum atomic E-state index is 12.4. The van der Waals surface area contributed by atoms with Crippen molar-refractivity contribution in [2.75, 3.05) is 38.2 Å². The molecule has 26 heavy (non-hydrogen) atoms. The van der Waals surface area contributed by atoms with Gasteiger partial charge < -0.3 is 19.7 Å². The number of amides is 2. The molecule has 0 bridgehead atoms. The van der Waals surface area contributed by atoms with E-state index in [1.54, 1.807) is 29.2 Å². The molecule has 1 aliphatic heterocycles. The third-order valence-electron chi connectivity index (χ3n) is 4.34. The van der Waals surface area contributed by atoms with Crippen molar-refractivity contribution in [1.82, 2.24) is 4.90 Å². The van der Waals surface area contributed by atoms with Crippen molar-refractivity contribution in [3.05, 3.63) is 29.8 Å². The van der Waals surface area contributed by atoms with Gasteiger partial charge in [-0.05, 0) is 44.9 Å². The molecular formula is C19H26N2O5. The topological polar surface area (TPSA) is 84.9 Å². The van der Waals surface area contributed by atoms with Crippen LogP contribution in [0.25, 0.3) is 0 Å². The van der Waals surface area contributed by atoms with E-state index < -0.39 is 5.91 Å². The Labute approximate surface area is 153 Å². The first-order chi connectivity index (χ1) is 12.5. The number of carbonyl (C=O) groups excluding carboxylic acids is 3. The normalized spacial score (nSPS) is 14.5. The van der Waals surface area contributed by atoms with Crippen LogP contribution in [0.15, 0.2) is 24.3 Å². The predicted octanol–water partition coefficient (Wildman–Crippen LogP) is 2.08. The summed E-state index contributed by atoms with van der Waals surface area (Å²) in [7, 11) is 0. The third-order valence-corrected chi connectivity index (χ3v) is 4.34. The Hall–Kier alpha value is -2.41. The van der Waals surface area contributed by atoms with Crippen LogP contribution < -0.4 is 5.32 Å². The molecule has 1 aromatic rings. The van der Waals surface area contributed by atoms with Crippen molar-refractivity contribution in [3.8, 4) is 0 Å². The van der Waals surface area contributed by atoms with Gasteiger partial charge in [0.15, 0.2) is 6.61 Å². The average Bonchev–Trinajstić information content (AvgIpc) is 2.68. The number of hydrogen-bond acceptors (Lipinski definition) is 5. The van der Waals surface area contributed by atoms with E-state index in [9.17, 15) is 14.4 Å². The molecule has 1 aliphatic rings. The summed E-state index contributed by atoms with van der Waals surface area (Å²) in [6, 6.07) is 6.73. The SMILES string of the molecule is CCN(CC)C(=O)c1cccc(NC(=O)COC(=O)C2CCOCC2)c1. The molecule has 0 saturated carbocycles. The number of benzene rings is 1. The second-order valence-corrected chi connectivity index (χ2v) is 6.10. The lowest BCUT2D eigenvalue weighted by Crippen LogP contribution is -2.30. The van der Waals surface area contributed by atoms with Gasteiger partial charge in [-0.2, -0.15) is 0 Å². The molecule has 0 aromatic heterocycles. The summed E-state index contributed by atoms with van der Waals surface area (Å²) in [4.78, 5) is 38.0. The maximum Gasteiger partial charge on any atom is 0.309 e. The zero-order valence-electron chi connectivity index (χ0n) is 15.3. The monoisotopic (exact) mass is 362 g/mol. The van der Waals surface area contributed by atoms with Gasteiger partial charge in [-0.3, -0.25) is 14.4 Å². The highest BCUT2D eigenvalue weighted by Gasteiger charge is 2.23. The number of hydrogen-bond donors (Lipinski definition) is 1. The Balaban J connectivity index is 1.87. The average molecular weight is 362 g/mol. The second kappa shape index (κ2) is 9.91. The van der Waals surface area contributed by atoms with Gasteiger partial charge in [0, 0.05) is 37.6 Å². The first-order valence-electron chi connectivity index (χ1n) is 8.98. The standard InChI is InChI=1S/C19H26N2O5/c1-3-21(4-2)18(23)15-6-5-7-16(12-15)20-17(22)13-26-19(24)14-8-10-25-11-9-14/h5-7,12,14H,3-4,8-11,13H2,1-2H3,(H,20,22). The van der Waals surface area contributed by atoms with Crippen molar-refractivity contribution in [1.29, 1.82) is 0 Å². The molecule has 7 heteroatoms. The second-order valence-electron chi connectivity index (χ2n) is 6.10. The zero-order chi connectivity index (χ0) is 18.9. The van der Waals surface area contributed by atoms with E-state index in [1.807, 2.05) is 13.8 Å². The van der Waals surface area contributed by atoms with Crippen molar-refractivity contribution in [2.24, 2.45) is 5.92 Å². The number of anilines is 1. The molecule has 2 amide bonds. The Morgan fingerprint density at radius 2 is 1.88 bits per heavy atom. The summed E-state index contributed by atoms with van der Waals surface area (Å²) >= 11 is 0. The van der Waals surface area contributed by atoms with Gasteiger partial charge in [-0.1, -0.05) is 6.07 Å². The van der Waals surface area contributed by atoms with Crippen molar-refractivity contribution in [3.63, 3.8) is 0 Å².